The summed E-state index contributed by atoms with van der Waals surface area (Å²) in [7, 11) is 0. The molecule has 2 aromatic rings. The van der Waals surface area contributed by atoms with E-state index in [1.807, 2.05) is 6.79 Å². The average molecular weight is 267 g/mol. The predicted molar refractivity (Wildman–Crippen MR) is 60.8 cm³/mol. The molecule has 0 fully saturated rings. The van der Waals surface area contributed by atoms with Crippen molar-refractivity contribution in [1.29, 1.82) is 0 Å². The lowest BCUT2D eigenvalue weighted by molar-refractivity contribution is -0.389. The second-order valence-electron chi connectivity index (χ2n) is 3.20. The Kier molecular flexibility index (Phi) is 4.52. The van der Waals surface area contributed by atoms with E-state index in [2.05, 4.69) is 5.10 Å². The molecule has 0 saturated carbocycles. The second kappa shape index (κ2) is 6.10. The molecular weight excluding hydrogens is 258 g/mol. The minimum absolute atomic E-state index is 0.140. The van der Waals surface area contributed by atoms with Gasteiger partial charge in [0.25, 0.3) is 0 Å². The number of carboxylic acid groups (broad SMARTS) is 1. The van der Waals surface area contributed by atoms with Gasteiger partial charge in [-0.15, -0.1) is 0 Å². The Morgan fingerprint density at radius 2 is 2.16 bits per heavy atom. The number of carbonyl (C=O) groups is 2. The van der Waals surface area contributed by atoms with Crippen LogP contribution >= 0.6 is 0 Å². The Morgan fingerprint density at radius 3 is 2.63 bits per heavy atom. The highest BCUT2D eigenvalue weighted by molar-refractivity contribution is 5.84. The number of nitro groups is 1. The van der Waals surface area contributed by atoms with Crippen LogP contribution in [0.15, 0.2) is 28.8 Å². The lowest BCUT2D eigenvalue weighted by Gasteiger charge is -1.92. The fourth-order valence-electron chi connectivity index (χ4n) is 1.27. The Bertz CT molecular complexity index is 537. The summed E-state index contributed by atoms with van der Waals surface area (Å²) in [6, 6.07) is 4.05. The number of carboxylic acids is 1. The van der Waals surface area contributed by atoms with E-state index in [0.717, 1.165) is 0 Å². The maximum absolute atomic E-state index is 10.6. The summed E-state index contributed by atoms with van der Waals surface area (Å²) >= 11 is 0. The van der Waals surface area contributed by atoms with Crippen LogP contribution < -0.4 is 0 Å². The van der Waals surface area contributed by atoms with Crippen molar-refractivity contribution in [3.8, 4) is 0 Å². The van der Waals surface area contributed by atoms with E-state index >= 15 is 0 Å². The normalized spacial score (nSPS) is 9.47. The third-order valence-electron chi connectivity index (χ3n) is 2.00. The number of nitrogens with zero attached hydrogens (tertiary/aromatic N) is 3. The van der Waals surface area contributed by atoms with Crippen molar-refractivity contribution in [2.75, 3.05) is 0 Å². The van der Waals surface area contributed by atoms with Crippen LogP contribution in [-0.2, 0) is 11.3 Å². The quantitative estimate of drug-likeness (QED) is 0.644. The van der Waals surface area contributed by atoms with Crippen molar-refractivity contribution < 1.29 is 24.0 Å². The molecule has 0 aliphatic heterocycles. The van der Waals surface area contributed by atoms with Crippen molar-refractivity contribution >= 4 is 18.6 Å². The number of hydrogen-bond donors (Lipinski definition) is 1. The van der Waals surface area contributed by atoms with Crippen molar-refractivity contribution in [1.82, 2.24) is 9.78 Å². The fourth-order valence-corrected chi connectivity index (χ4v) is 1.27. The first-order chi connectivity index (χ1) is 9.06. The number of aromatic nitrogens is 2. The minimum atomic E-state index is -1.16. The van der Waals surface area contributed by atoms with Gasteiger partial charge in [0, 0.05) is 0 Å². The van der Waals surface area contributed by atoms with Crippen LogP contribution in [0, 0.1) is 10.1 Å². The van der Waals surface area contributed by atoms with E-state index in [-0.39, 0.29) is 18.1 Å². The van der Waals surface area contributed by atoms with Gasteiger partial charge in [-0.25, -0.2) is 4.79 Å². The zero-order valence-corrected chi connectivity index (χ0v) is 9.55. The molecule has 1 N–H and O–H groups in total. The molecule has 0 aliphatic rings. The molecule has 2 rings (SSSR count). The minimum Gasteiger partial charge on any atom is -0.475 e. The number of rotatable bonds is 4. The van der Waals surface area contributed by atoms with Gasteiger partial charge in [0.2, 0.25) is 5.76 Å². The molecule has 0 unspecified atom stereocenters. The van der Waals surface area contributed by atoms with Crippen LogP contribution in [0.25, 0.3) is 0 Å². The Balaban J connectivity index is 0.000000861. The molecule has 9 heteroatoms. The zero-order chi connectivity index (χ0) is 14.4. The van der Waals surface area contributed by atoms with Crippen molar-refractivity contribution in [2.45, 2.75) is 6.54 Å². The summed E-state index contributed by atoms with van der Waals surface area (Å²) in [5.74, 6) is -1.25. The monoisotopic (exact) mass is 267 g/mol. The van der Waals surface area contributed by atoms with E-state index in [0.29, 0.717) is 5.76 Å². The van der Waals surface area contributed by atoms with Gasteiger partial charge in [-0.05, 0) is 17.1 Å². The number of aromatic carboxylic acids is 1. The van der Waals surface area contributed by atoms with Gasteiger partial charge < -0.3 is 24.4 Å². The summed E-state index contributed by atoms with van der Waals surface area (Å²) in [5.41, 5.74) is 0. The standard InChI is InChI=1S/C9H7N3O5.CH2O/c13-9(14)7-2-1-6(17-7)5-11-4-3-8(10-11)12(15)16;1-2/h1-4H,5H2,(H,13,14);1H2. The summed E-state index contributed by atoms with van der Waals surface area (Å²) in [6.07, 6.45) is 1.42. The first-order valence-electron chi connectivity index (χ1n) is 4.85. The van der Waals surface area contributed by atoms with Gasteiger partial charge >= 0.3 is 11.8 Å². The van der Waals surface area contributed by atoms with Crippen LogP contribution in [0.2, 0.25) is 0 Å². The van der Waals surface area contributed by atoms with Crippen LogP contribution in [0.5, 0.6) is 0 Å². The van der Waals surface area contributed by atoms with Crippen LogP contribution in [0.3, 0.4) is 0 Å². The highest BCUT2D eigenvalue weighted by Crippen LogP contribution is 2.11. The predicted octanol–water partition coefficient (Wildman–Crippen LogP) is 0.946. The Labute approximate surface area is 106 Å². The van der Waals surface area contributed by atoms with Gasteiger partial charge in [0.15, 0.2) is 0 Å². The average Bonchev–Trinajstić information content (AvgIpc) is 3.01. The Hall–Kier alpha value is -2.97. The lowest BCUT2D eigenvalue weighted by Crippen LogP contribution is -2.00. The number of furan rings is 1. The third kappa shape index (κ3) is 3.49. The molecule has 19 heavy (non-hydrogen) atoms. The Morgan fingerprint density at radius 1 is 1.47 bits per heavy atom. The van der Waals surface area contributed by atoms with E-state index in [1.165, 1.54) is 29.1 Å². The SMILES string of the molecule is C=O.O=C(O)c1ccc(Cn2ccc([N+](=O)[O-])n2)o1. The first-order valence-corrected chi connectivity index (χ1v) is 4.85. The molecule has 2 heterocycles. The molecule has 0 amide bonds. The first kappa shape index (κ1) is 14.1. The molecule has 0 spiro atoms. The van der Waals surface area contributed by atoms with Gasteiger partial charge in [-0.1, -0.05) is 0 Å². The molecule has 9 nitrogen and oxygen atoms in total. The van der Waals surface area contributed by atoms with E-state index in [9.17, 15) is 14.9 Å². The lowest BCUT2D eigenvalue weighted by atomic mass is 10.4. The maximum Gasteiger partial charge on any atom is 0.389 e. The van der Waals surface area contributed by atoms with Crippen molar-refractivity contribution in [3.63, 3.8) is 0 Å². The molecule has 0 aliphatic carbocycles. The zero-order valence-electron chi connectivity index (χ0n) is 9.55. The highest BCUT2D eigenvalue weighted by Gasteiger charge is 2.13. The van der Waals surface area contributed by atoms with Crippen molar-refractivity contribution in [2.24, 2.45) is 0 Å². The largest absolute Gasteiger partial charge is 0.475 e. The highest BCUT2D eigenvalue weighted by atomic mass is 16.6. The molecule has 0 saturated heterocycles. The molecular formula is C10H9N3O6. The summed E-state index contributed by atoms with van der Waals surface area (Å²) < 4.78 is 6.28. The van der Waals surface area contributed by atoms with Crippen LogP contribution in [0.1, 0.15) is 16.3 Å². The topological polar surface area (TPSA) is 128 Å². The smallest absolute Gasteiger partial charge is 0.389 e. The summed E-state index contributed by atoms with van der Waals surface area (Å²) in [6.45, 7) is 2.14. The van der Waals surface area contributed by atoms with E-state index < -0.39 is 10.9 Å². The van der Waals surface area contributed by atoms with Crippen LogP contribution in [-0.4, -0.2) is 32.6 Å². The fraction of sp³-hybridized carbons (Fsp3) is 0.100. The molecule has 100 valence electrons. The number of hydrogen-bond acceptors (Lipinski definition) is 6. The molecule has 0 radical (unpaired) electrons. The van der Waals surface area contributed by atoms with Gasteiger partial charge in [0.05, 0.1) is 17.4 Å². The molecule has 0 atom stereocenters. The maximum atomic E-state index is 10.6. The molecule has 0 bridgehead atoms. The molecule has 0 aromatic carbocycles. The van der Waals surface area contributed by atoms with Gasteiger partial charge in [-0.3, -0.25) is 0 Å². The molecule has 2 aromatic heterocycles. The van der Waals surface area contributed by atoms with Gasteiger partial charge in [0.1, 0.15) is 19.1 Å². The van der Waals surface area contributed by atoms with Gasteiger partial charge in [-0.2, -0.15) is 4.68 Å². The van der Waals surface area contributed by atoms with E-state index in [1.54, 1.807) is 0 Å². The summed E-state index contributed by atoms with van der Waals surface area (Å²) in [4.78, 5) is 28.3. The van der Waals surface area contributed by atoms with Crippen LogP contribution in [0.4, 0.5) is 5.82 Å². The second-order valence-corrected chi connectivity index (χ2v) is 3.20. The van der Waals surface area contributed by atoms with E-state index in [4.69, 9.17) is 14.3 Å². The third-order valence-corrected chi connectivity index (χ3v) is 2.00. The number of carbonyl (C=O) groups excluding carboxylic acids is 1. The summed E-state index contributed by atoms with van der Waals surface area (Å²) in [5, 5.41) is 22.7. The van der Waals surface area contributed by atoms with Crippen molar-refractivity contribution in [3.05, 3.63) is 46.0 Å².